The number of carbonyl (C=O) groups is 2. The summed E-state index contributed by atoms with van der Waals surface area (Å²) < 4.78 is 12.6. The van der Waals surface area contributed by atoms with Gasteiger partial charge in [0.05, 0.1) is 26.2 Å². The van der Waals surface area contributed by atoms with Gasteiger partial charge in [-0.1, -0.05) is 6.07 Å². The van der Waals surface area contributed by atoms with E-state index >= 15 is 0 Å². The molecule has 1 aromatic heterocycles. The largest absolute Gasteiger partial charge is 0.377 e. The summed E-state index contributed by atoms with van der Waals surface area (Å²) in [5.74, 6) is -0.268. The van der Waals surface area contributed by atoms with Crippen molar-refractivity contribution in [2.75, 3.05) is 40.5 Å². The highest BCUT2D eigenvalue weighted by Crippen LogP contribution is 2.21. The van der Waals surface area contributed by atoms with Crippen LogP contribution in [0.2, 0.25) is 0 Å². The Labute approximate surface area is 146 Å². The maximum atomic E-state index is 12.6. The highest BCUT2D eigenvalue weighted by atomic mass is 16.5. The SMILES string of the molecule is CNC(=O)C[C@@]1(OC)COCCN(C(=O)CCn2ccccc2=O)C1. The molecule has 0 spiro atoms. The molecule has 1 N–H and O–H groups in total. The summed E-state index contributed by atoms with van der Waals surface area (Å²) in [5, 5.41) is 2.57. The van der Waals surface area contributed by atoms with Gasteiger partial charge in [-0.25, -0.2) is 0 Å². The smallest absolute Gasteiger partial charge is 0.250 e. The van der Waals surface area contributed by atoms with Gasteiger partial charge in [-0.15, -0.1) is 0 Å². The van der Waals surface area contributed by atoms with E-state index in [9.17, 15) is 14.4 Å². The molecule has 8 heteroatoms. The lowest BCUT2D eigenvalue weighted by Crippen LogP contribution is -2.50. The Kier molecular flexibility index (Phi) is 6.72. The molecule has 8 nitrogen and oxygen atoms in total. The number of hydrogen-bond donors (Lipinski definition) is 1. The first-order valence-corrected chi connectivity index (χ1v) is 8.26. The van der Waals surface area contributed by atoms with Crippen molar-refractivity contribution in [3.63, 3.8) is 0 Å². The van der Waals surface area contributed by atoms with Gasteiger partial charge >= 0.3 is 0 Å². The first kappa shape index (κ1) is 19.1. The van der Waals surface area contributed by atoms with Gasteiger partial charge in [-0.3, -0.25) is 14.4 Å². The van der Waals surface area contributed by atoms with Crippen LogP contribution in [0.5, 0.6) is 0 Å². The first-order valence-electron chi connectivity index (χ1n) is 8.26. The zero-order chi connectivity index (χ0) is 18.3. The van der Waals surface area contributed by atoms with Crippen LogP contribution in [0.15, 0.2) is 29.2 Å². The Morgan fingerprint density at radius 1 is 1.40 bits per heavy atom. The maximum absolute atomic E-state index is 12.6. The fourth-order valence-corrected chi connectivity index (χ4v) is 2.82. The summed E-state index contributed by atoms with van der Waals surface area (Å²) in [6.45, 7) is 1.65. The molecule has 0 radical (unpaired) electrons. The van der Waals surface area contributed by atoms with Crippen molar-refractivity contribution >= 4 is 11.8 Å². The number of ether oxygens (including phenoxy) is 2. The molecule has 2 heterocycles. The number of methoxy groups -OCH3 is 1. The van der Waals surface area contributed by atoms with Crippen molar-refractivity contribution in [3.05, 3.63) is 34.7 Å². The summed E-state index contributed by atoms with van der Waals surface area (Å²) >= 11 is 0. The van der Waals surface area contributed by atoms with Gasteiger partial charge in [-0.05, 0) is 6.07 Å². The van der Waals surface area contributed by atoms with Crippen LogP contribution in [-0.2, 0) is 25.6 Å². The van der Waals surface area contributed by atoms with Crippen LogP contribution in [0.3, 0.4) is 0 Å². The Morgan fingerprint density at radius 3 is 2.88 bits per heavy atom. The number of nitrogens with one attached hydrogen (secondary N) is 1. The fraction of sp³-hybridized carbons (Fsp3) is 0.588. The minimum atomic E-state index is -0.865. The molecule has 0 aromatic carbocycles. The quantitative estimate of drug-likeness (QED) is 0.754. The summed E-state index contributed by atoms with van der Waals surface area (Å²) in [4.78, 5) is 37.8. The average molecular weight is 351 g/mol. The average Bonchev–Trinajstić information content (AvgIpc) is 2.84. The van der Waals surface area contributed by atoms with E-state index in [0.29, 0.717) is 19.7 Å². The monoisotopic (exact) mass is 351 g/mol. The molecule has 1 aliphatic rings. The van der Waals surface area contributed by atoms with Crippen LogP contribution in [0.1, 0.15) is 12.8 Å². The number of aromatic nitrogens is 1. The van der Waals surface area contributed by atoms with E-state index in [1.54, 1.807) is 30.3 Å². The van der Waals surface area contributed by atoms with E-state index in [1.165, 1.54) is 17.7 Å². The fourth-order valence-electron chi connectivity index (χ4n) is 2.82. The number of nitrogens with zero attached hydrogens (tertiary/aromatic N) is 2. The minimum absolute atomic E-state index is 0.0976. The Morgan fingerprint density at radius 2 is 2.20 bits per heavy atom. The molecule has 1 aromatic rings. The van der Waals surface area contributed by atoms with Crippen molar-refractivity contribution < 1.29 is 19.1 Å². The number of aryl methyl sites for hydroxylation is 1. The molecule has 1 saturated heterocycles. The molecule has 0 aliphatic carbocycles. The van der Waals surface area contributed by atoms with Crippen LogP contribution in [-0.4, -0.2) is 67.3 Å². The lowest BCUT2D eigenvalue weighted by Gasteiger charge is -2.33. The number of amides is 2. The number of rotatable bonds is 6. The Hall–Kier alpha value is -2.19. The molecule has 0 saturated carbocycles. The van der Waals surface area contributed by atoms with Gasteiger partial charge in [0.1, 0.15) is 5.60 Å². The molecule has 1 atom stereocenters. The van der Waals surface area contributed by atoms with Crippen molar-refractivity contribution in [3.8, 4) is 0 Å². The zero-order valence-electron chi connectivity index (χ0n) is 14.7. The summed E-state index contributed by atoms with van der Waals surface area (Å²) in [5.41, 5.74) is -1.00. The minimum Gasteiger partial charge on any atom is -0.377 e. The second-order valence-electron chi connectivity index (χ2n) is 6.09. The second-order valence-corrected chi connectivity index (χ2v) is 6.09. The predicted octanol–water partition coefficient (Wildman–Crippen LogP) is -0.381. The Balaban J connectivity index is 2.03. The molecule has 1 aliphatic heterocycles. The molecule has 2 rings (SSSR count). The van der Waals surface area contributed by atoms with Crippen LogP contribution >= 0.6 is 0 Å². The summed E-state index contributed by atoms with van der Waals surface area (Å²) in [7, 11) is 3.08. The maximum Gasteiger partial charge on any atom is 0.250 e. The standard InChI is InChI=1S/C17H25N3O5/c1-18-14(21)11-17(24-2)12-20(9-10-25-13-17)16(23)6-8-19-7-4-3-5-15(19)22/h3-5,7H,6,8-13H2,1-2H3,(H,18,21)/t17-/m0/s1. The highest BCUT2D eigenvalue weighted by Gasteiger charge is 2.38. The van der Waals surface area contributed by atoms with Gasteiger partial charge in [0.25, 0.3) is 5.56 Å². The Bertz CT molecular complexity index is 660. The third-order valence-corrected chi connectivity index (χ3v) is 4.36. The lowest BCUT2D eigenvalue weighted by molar-refractivity contribution is -0.140. The van der Waals surface area contributed by atoms with E-state index in [1.807, 2.05) is 0 Å². The van der Waals surface area contributed by atoms with Crippen molar-refractivity contribution in [2.45, 2.75) is 25.0 Å². The van der Waals surface area contributed by atoms with E-state index in [0.717, 1.165) is 0 Å². The van der Waals surface area contributed by atoms with Crippen LogP contribution < -0.4 is 10.9 Å². The third kappa shape index (κ3) is 5.14. The molecular weight excluding hydrogens is 326 g/mol. The number of pyridine rings is 1. The van der Waals surface area contributed by atoms with Crippen LogP contribution in [0.4, 0.5) is 0 Å². The predicted molar refractivity (Wildman–Crippen MR) is 91.1 cm³/mol. The van der Waals surface area contributed by atoms with E-state index < -0.39 is 5.60 Å². The number of hydrogen-bond acceptors (Lipinski definition) is 5. The van der Waals surface area contributed by atoms with Gasteiger partial charge in [0.15, 0.2) is 0 Å². The number of carbonyl (C=O) groups excluding carboxylic acids is 2. The summed E-state index contributed by atoms with van der Waals surface area (Å²) in [6, 6.07) is 4.88. The molecule has 0 unspecified atom stereocenters. The first-order chi connectivity index (χ1) is 12.0. The molecule has 2 amide bonds. The van der Waals surface area contributed by atoms with Gasteiger partial charge in [0.2, 0.25) is 11.8 Å². The highest BCUT2D eigenvalue weighted by molar-refractivity contribution is 5.78. The van der Waals surface area contributed by atoms with Crippen molar-refractivity contribution in [1.29, 1.82) is 0 Å². The molecular formula is C17H25N3O5. The van der Waals surface area contributed by atoms with E-state index in [2.05, 4.69) is 5.32 Å². The van der Waals surface area contributed by atoms with Gasteiger partial charge < -0.3 is 24.3 Å². The molecule has 25 heavy (non-hydrogen) atoms. The molecule has 138 valence electrons. The van der Waals surface area contributed by atoms with Gasteiger partial charge in [-0.2, -0.15) is 0 Å². The van der Waals surface area contributed by atoms with Crippen molar-refractivity contribution in [2.24, 2.45) is 0 Å². The van der Waals surface area contributed by atoms with Gasteiger partial charge in [0, 0.05) is 45.9 Å². The lowest BCUT2D eigenvalue weighted by atomic mass is 9.99. The second kappa shape index (κ2) is 8.77. The molecule has 0 bridgehead atoms. The topological polar surface area (TPSA) is 89.9 Å². The molecule has 1 fully saturated rings. The van der Waals surface area contributed by atoms with Crippen molar-refractivity contribution in [1.82, 2.24) is 14.8 Å². The summed E-state index contributed by atoms with van der Waals surface area (Å²) in [6.07, 6.45) is 1.97. The third-order valence-electron chi connectivity index (χ3n) is 4.36. The zero-order valence-corrected chi connectivity index (χ0v) is 14.7. The van der Waals surface area contributed by atoms with E-state index in [-0.39, 0.29) is 43.4 Å². The normalized spacial score (nSPS) is 20.8. The van der Waals surface area contributed by atoms with Crippen LogP contribution in [0.25, 0.3) is 0 Å². The van der Waals surface area contributed by atoms with E-state index in [4.69, 9.17) is 9.47 Å². The van der Waals surface area contributed by atoms with Crippen LogP contribution in [0, 0.1) is 0 Å².